The average molecular weight is 279 g/mol. The van der Waals surface area contributed by atoms with Gasteiger partial charge in [0.25, 0.3) is 0 Å². The van der Waals surface area contributed by atoms with Crippen molar-refractivity contribution in [1.82, 2.24) is 5.32 Å². The normalized spacial score (nSPS) is 17.4. The molecule has 0 radical (unpaired) electrons. The first-order valence-corrected chi connectivity index (χ1v) is 7.43. The second-order valence-electron chi connectivity index (χ2n) is 5.20. The molecule has 1 aliphatic carbocycles. The molecule has 1 atom stereocenters. The average Bonchev–Trinajstić information content (AvgIpc) is 2.87. The lowest BCUT2D eigenvalue weighted by atomic mass is 10.1. The largest absolute Gasteiger partial charge is 0.508 e. The third-order valence-electron chi connectivity index (χ3n) is 3.78. The van der Waals surface area contributed by atoms with Crippen molar-refractivity contribution in [3.63, 3.8) is 0 Å². The minimum Gasteiger partial charge on any atom is -0.508 e. The summed E-state index contributed by atoms with van der Waals surface area (Å²) in [5.74, 6) is 0.443. The molecule has 4 nitrogen and oxygen atoms in total. The number of benzene rings is 1. The smallest absolute Gasteiger partial charge is 0.119 e. The van der Waals surface area contributed by atoms with Crippen LogP contribution in [0.1, 0.15) is 36.4 Å². The topological polar surface area (TPSA) is 50.7 Å². The fourth-order valence-corrected chi connectivity index (χ4v) is 2.70. The Bertz CT molecular complexity index is 409. The van der Waals surface area contributed by atoms with Crippen molar-refractivity contribution < 1.29 is 14.6 Å². The molecule has 0 amide bonds. The molecule has 0 fully saturated rings. The van der Waals surface area contributed by atoms with E-state index in [9.17, 15) is 5.11 Å². The highest BCUT2D eigenvalue weighted by Crippen LogP contribution is 2.36. The number of fused-ring (bicyclic) bond motifs is 1. The Labute approximate surface area is 121 Å². The van der Waals surface area contributed by atoms with Crippen LogP contribution in [0.15, 0.2) is 18.2 Å². The summed E-state index contributed by atoms with van der Waals surface area (Å²) in [7, 11) is 1.69. The lowest BCUT2D eigenvalue weighted by Crippen LogP contribution is -2.20. The highest BCUT2D eigenvalue weighted by molar-refractivity contribution is 5.44. The van der Waals surface area contributed by atoms with Crippen LogP contribution in [-0.2, 0) is 15.9 Å². The number of nitrogens with one attached hydrogen (secondary N) is 1. The summed E-state index contributed by atoms with van der Waals surface area (Å²) in [6.07, 6.45) is 4.23. The van der Waals surface area contributed by atoms with Gasteiger partial charge in [-0.15, -0.1) is 0 Å². The van der Waals surface area contributed by atoms with Crippen LogP contribution in [0.2, 0.25) is 0 Å². The number of aromatic hydroxyl groups is 1. The van der Waals surface area contributed by atoms with E-state index in [1.54, 1.807) is 13.2 Å². The van der Waals surface area contributed by atoms with E-state index < -0.39 is 0 Å². The van der Waals surface area contributed by atoms with Gasteiger partial charge in [-0.25, -0.2) is 0 Å². The lowest BCUT2D eigenvalue weighted by molar-refractivity contribution is 0.0687. The maximum absolute atomic E-state index is 9.81. The van der Waals surface area contributed by atoms with Gasteiger partial charge in [0.05, 0.1) is 13.2 Å². The molecule has 1 unspecified atom stereocenters. The van der Waals surface area contributed by atoms with Gasteiger partial charge >= 0.3 is 0 Å². The first kappa shape index (κ1) is 15.3. The first-order valence-electron chi connectivity index (χ1n) is 7.43. The van der Waals surface area contributed by atoms with Crippen molar-refractivity contribution in [2.75, 3.05) is 33.5 Å². The predicted molar refractivity (Wildman–Crippen MR) is 79.1 cm³/mol. The molecule has 1 aliphatic rings. The van der Waals surface area contributed by atoms with E-state index in [0.29, 0.717) is 25.0 Å². The van der Waals surface area contributed by atoms with E-state index in [4.69, 9.17) is 9.47 Å². The van der Waals surface area contributed by atoms with E-state index in [2.05, 4.69) is 11.4 Å². The zero-order valence-electron chi connectivity index (χ0n) is 12.2. The molecule has 0 aromatic heterocycles. The van der Waals surface area contributed by atoms with Crippen molar-refractivity contribution in [2.45, 2.75) is 31.7 Å². The number of ether oxygens (including phenoxy) is 2. The summed E-state index contributed by atoms with van der Waals surface area (Å²) in [6.45, 7) is 3.14. The molecular formula is C16H25NO3. The van der Waals surface area contributed by atoms with Crippen LogP contribution in [-0.4, -0.2) is 38.6 Å². The van der Waals surface area contributed by atoms with E-state index in [0.717, 1.165) is 44.4 Å². The fourth-order valence-electron chi connectivity index (χ4n) is 2.70. The van der Waals surface area contributed by atoms with Gasteiger partial charge in [-0.1, -0.05) is 12.1 Å². The Balaban J connectivity index is 1.61. The van der Waals surface area contributed by atoms with Crippen molar-refractivity contribution in [3.05, 3.63) is 29.3 Å². The Hall–Kier alpha value is -1.10. The minimum atomic E-state index is 0.395. The predicted octanol–water partition coefficient (Wildman–Crippen LogP) is 2.41. The van der Waals surface area contributed by atoms with Gasteiger partial charge in [0.1, 0.15) is 5.75 Å². The van der Waals surface area contributed by atoms with Gasteiger partial charge in [0.2, 0.25) is 0 Å². The van der Waals surface area contributed by atoms with E-state index in [-0.39, 0.29) is 0 Å². The summed E-state index contributed by atoms with van der Waals surface area (Å²) in [6, 6.07) is 6.22. The van der Waals surface area contributed by atoms with Gasteiger partial charge in [0, 0.05) is 19.8 Å². The van der Waals surface area contributed by atoms with Crippen molar-refractivity contribution in [2.24, 2.45) is 0 Å². The van der Waals surface area contributed by atoms with Crippen LogP contribution in [0.5, 0.6) is 5.75 Å². The van der Waals surface area contributed by atoms with Gasteiger partial charge in [-0.05, 0) is 49.4 Å². The summed E-state index contributed by atoms with van der Waals surface area (Å²) in [5, 5.41) is 13.4. The molecule has 1 aromatic carbocycles. The Morgan fingerprint density at radius 1 is 1.25 bits per heavy atom. The number of methoxy groups -OCH3 is 1. The molecule has 0 spiro atoms. The number of phenols is 1. The van der Waals surface area contributed by atoms with Gasteiger partial charge in [-0.2, -0.15) is 0 Å². The summed E-state index contributed by atoms with van der Waals surface area (Å²) in [4.78, 5) is 0. The highest BCUT2D eigenvalue weighted by atomic mass is 16.5. The van der Waals surface area contributed by atoms with Crippen LogP contribution in [0.3, 0.4) is 0 Å². The Kier molecular flexibility index (Phi) is 6.30. The number of rotatable bonds is 9. The molecule has 20 heavy (non-hydrogen) atoms. The maximum Gasteiger partial charge on any atom is 0.119 e. The standard InChI is InChI=1S/C16H25NO3/c1-19-11-12-20-10-3-2-9-17-15-8-7-14-13(15)5-4-6-16(14)18/h4-6,15,17-18H,2-3,7-12H2,1H3. The van der Waals surface area contributed by atoms with Crippen LogP contribution < -0.4 is 5.32 Å². The van der Waals surface area contributed by atoms with Crippen molar-refractivity contribution >= 4 is 0 Å². The summed E-state index contributed by atoms with van der Waals surface area (Å²) in [5.41, 5.74) is 2.38. The quantitative estimate of drug-likeness (QED) is 0.682. The molecule has 0 aliphatic heterocycles. The first-order chi connectivity index (χ1) is 9.83. The van der Waals surface area contributed by atoms with E-state index in [1.807, 2.05) is 6.07 Å². The number of hydrogen-bond acceptors (Lipinski definition) is 4. The maximum atomic E-state index is 9.81. The van der Waals surface area contributed by atoms with Gasteiger partial charge < -0.3 is 19.9 Å². The van der Waals surface area contributed by atoms with Crippen LogP contribution in [0.25, 0.3) is 0 Å². The molecule has 1 aromatic rings. The van der Waals surface area contributed by atoms with Crippen LogP contribution in [0.4, 0.5) is 0 Å². The molecule has 0 saturated carbocycles. The van der Waals surface area contributed by atoms with E-state index in [1.165, 1.54) is 5.56 Å². The molecule has 112 valence electrons. The fraction of sp³-hybridized carbons (Fsp3) is 0.625. The minimum absolute atomic E-state index is 0.395. The SMILES string of the molecule is COCCOCCCCNC1CCc2c(O)cccc21. The summed E-state index contributed by atoms with van der Waals surface area (Å²) >= 11 is 0. The van der Waals surface area contributed by atoms with Crippen LogP contribution in [0, 0.1) is 0 Å². The third-order valence-corrected chi connectivity index (χ3v) is 3.78. The van der Waals surface area contributed by atoms with Gasteiger partial charge in [0.15, 0.2) is 0 Å². The Morgan fingerprint density at radius 3 is 3.00 bits per heavy atom. The highest BCUT2D eigenvalue weighted by Gasteiger charge is 2.23. The van der Waals surface area contributed by atoms with Crippen molar-refractivity contribution in [1.29, 1.82) is 0 Å². The second-order valence-corrected chi connectivity index (χ2v) is 5.20. The summed E-state index contributed by atoms with van der Waals surface area (Å²) < 4.78 is 10.4. The molecule has 0 bridgehead atoms. The molecule has 0 saturated heterocycles. The zero-order chi connectivity index (χ0) is 14.2. The molecule has 4 heteroatoms. The lowest BCUT2D eigenvalue weighted by Gasteiger charge is -2.14. The molecule has 2 N–H and O–H groups in total. The second kappa shape index (κ2) is 8.25. The monoisotopic (exact) mass is 279 g/mol. The molecule has 2 rings (SSSR count). The molecule has 0 heterocycles. The Morgan fingerprint density at radius 2 is 2.15 bits per heavy atom. The number of hydrogen-bond donors (Lipinski definition) is 2. The van der Waals surface area contributed by atoms with Crippen molar-refractivity contribution in [3.8, 4) is 5.75 Å². The van der Waals surface area contributed by atoms with Crippen LogP contribution >= 0.6 is 0 Å². The molecular weight excluding hydrogens is 254 g/mol. The number of unbranched alkanes of at least 4 members (excludes halogenated alkanes) is 1. The third kappa shape index (κ3) is 4.20. The van der Waals surface area contributed by atoms with E-state index >= 15 is 0 Å². The van der Waals surface area contributed by atoms with Gasteiger partial charge in [-0.3, -0.25) is 0 Å². The number of phenolic OH excluding ortho intramolecular Hbond substituents is 1. The zero-order valence-corrected chi connectivity index (χ0v) is 12.2.